The number of carbonyl (C=O) groups excluding carboxylic acids is 2. The number of carbonyl (C=O) groups is 2. The maximum absolute atomic E-state index is 12.0. The molecule has 1 N–H and O–H groups in total. The number of rotatable bonds is 7. The van der Waals surface area contributed by atoms with Gasteiger partial charge in [-0.1, -0.05) is 23.7 Å². The molecular weight excluding hydrogens is 362 g/mol. The summed E-state index contributed by atoms with van der Waals surface area (Å²) in [6.07, 6.45) is 0. The van der Waals surface area contributed by atoms with E-state index in [1.807, 2.05) is 19.1 Å². The number of ether oxygens (including phenoxy) is 1. The van der Waals surface area contributed by atoms with Crippen molar-refractivity contribution in [3.05, 3.63) is 58.0 Å². The van der Waals surface area contributed by atoms with Crippen molar-refractivity contribution in [1.29, 1.82) is 0 Å². The maximum Gasteiger partial charge on any atom is 0.341 e. The van der Waals surface area contributed by atoms with E-state index in [-0.39, 0.29) is 11.9 Å². The summed E-state index contributed by atoms with van der Waals surface area (Å²) in [6.45, 7) is 3.63. The van der Waals surface area contributed by atoms with Crippen LogP contribution in [0.2, 0.25) is 5.02 Å². The van der Waals surface area contributed by atoms with E-state index in [4.69, 9.17) is 16.0 Å². The first kappa shape index (κ1) is 19.4. The number of hydrogen-bond acceptors (Lipinski definition) is 5. The number of esters is 1. The molecule has 0 radical (unpaired) electrons. The highest BCUT2D eigenvalue weighted by molar-refractivity contribution is 7.99. The zero-order valence-electron chi connectivity index (χ0n) is 14.3. The lowest BCUT2D eigenvalue weighted by Gasteiger charge is -2.14. The second-order valence-corrected chi connectivity index (χ2v) is 6.93. The molecule has 25 heavy (non-hydrogen) atoms. The van der Waals surface area contributed by atoms with Crippen LogP contribution >= 0.6 is 23.4 Å². The molecule has 5 nitrogen and oxygen atoms in total. The summed E-state index contributed by atoms with van der Waals surface area (Å²) in [5, 5.41) is 3.60. The lowest BCUT2D eigenvalue weighted by Crippen LogP contribution is -2.28. The van der Waals surface area contributed by atoms with Crippen molar-refractivity contribution < 1.29 is 18.7 Å². The second kappa shape index (κ2) is 8.97. The van der Waals surface area contributed by atoms with Crippen LogP contribution in [-0.2, 0) is 15.3 Å². The molecule has 2 aromatic rings. The van der Waals surface area contributed by atoms with E-state index in [0.29, 0.717) is 33.6 Å². The predicted molar refractivity (Wildman–Crippen MR) is 99.0 cm³/mol. The molecule has 0 saturated heterocycles. The van der Waals surface area contributed by atoms with Crippen LogP contribution in [0.1, 0.15) is 40.4 Å². The number of aryl methyl sites for hydroxylation is 1. The normalized spacial score (nSPS) is 11.8. The number of thioether (sulfide) groups is 1. The molecule has 1 aromatic carbocycles. The van der Waals surface area contributed by atoms with E-state index in [1.54, 1.807) is 25.1 Å². The van der Waals surface area contributed by atoms with Crippen molar-refractivity contribution in [2.45, 2.75) is 25.6 Å². The van der Waals surface area contributed by atoms with Crippen molar-refractivity contribution in [3.63, 3.8) is 0 Å². The number of hydrogen-bond donors (Lipinski definition) is 1. The van der Waals surface area contributed by atoms with Crippen LogP contribution in [0.4, 0.5) is 0 Å². The number of amides is 1. The fraction of sp³-hybridized carbons (Fsp3) is 0.333. The molecule has 0 saturated carbocycles. The quantitative estimate of drug-likeness (QED) is 0.730. The number of methoxy groups -OCH3 is 1. The Labute approximate surface area is 156 Å². The van der Waals surface area contributed by atoms with Crippen LogP contribution in [0.5, 0.6) is 0 Å². The summed E-state index contributed by atoms with van der Waals surface area (Å²) in [5.41, 5.74) is 1.41. The lowest BCUT2D eigenvalue weighted by molar-refractivity contribution is -0.119. The minimum Gasteiger partial charge on any atom is -0.465 e. The molecule has 7 heteroatoms. The van der Waals surface area contributed by atoms with Gasteiger partial charge in [0.2, 0.25) is 5.91 Å². The Hall–Kier alpha value is -1.92. The van der Waals surface area contributed by atoms with Crippen molar-refractivity contribution >= 4 is 35.2 Å². The Balaban J connectivity index is 1.80. The summed E-state index contributed by atoms with van der Waals surface area (Å²) in [5.74, 6) is 1.46. The minimum absolute atomic E-state index is 0.0658. The molecule has 1 heterocycles. The third-order valence-corrected chi connectivity index (χ3v) is 4.81. The van der Waals surface area contributed by atoms with Crippen molar-refractivity contribution in [2.75, 3.05) is 12.9 Å². The molecule has 2 rings (SSSR count). The Morgan fingerprint density at radius 3 is 2.64 bits per heavy atom. The van der Waals surface area contributed by atoms with Crippen LogP contribution in [0, 0.1) is 6.92 Å². The van der Waals surface area contributed by atoms with Gasteiger partial charge in [-0.15, -0.1) is 11.8 Å². The van der Waals surface area contributed by atoms with Gasteiger partial charge in [0.15, 0.2) is 0 Å². The van der Waals surface area contributed by atoms with Crippen molar-refractivity contribution in [3.8, 4) is 0 Å². The molecule has 0 aliphatic carbocycles. The molecule has 0 fully saturated rings. The minimum atomic E-state index is -0.424. The molecule has 1 aromatic heterocycles. The Bertz CT molecular complexity index is 742. The van der Waals surface area contributed by atoms with Gasteiger partial charge in [0, 0.05) is 5.02 Å². The molecule has 0 unspecified atom stereocenters. The molecule has 0 aliphatic rings. The van der Waals surface area contributed by atoms with E-state index >= 15 is 0 Å². The van der Waals surface area contributed by atoms with E-state index in [9.17, 15) is 9.59 Å². The Kier molecular flexibility index (Phi) is 6.96. The van der Waals surface area contributed by atoms with Crippen molar-refractivity contribution in [1.82, 2.24) is 5.32 Å². The average Bonchev–Trinajstić information content (AvgIpc) is 2.95. The van der Waals surface area contributed by atoms with Gasteiger partial charge in [-0.25, -0.2) is 4.79 Å². The number of halogens is 1. The average molecular weight is 382 g/mol. The second-order valence-electron chi connectivity index (χ2n) is 5.51. The third kappa shape index (κ3) is 5.54. The van der Waals surface area contributed by atoms with Crippen molar-refractivity contribution in [2.24, 2.45) is 0 Å². The Morgan fingerprint density at radius 2 is 2.00 bits per heavy atom. The van der Waals surface area contributed by atoms with Gasteiger partial charge in [0.25, 0.3) is 0 Å². The standard InChI is InChI=1S/C18H20ClNO4S/c1-11(13-4-6-14(19)7-5-13)20-17(21)10-25-9-15-8-16(12(2)24-15)18(22)23-3/h4-8,11H,9-10H2,1-3H3,(H,20,21)/t11-/m1/s1. The van der Waals surface area contributed by atoms with E-state index in [2.05, 4.69) is 10.1 Å². The molecule has 0 spiro atoms. The maximum atomic E-state index is 12.0. The number of furan rings is 1. The van der Waals surface area contributed by atoms with Gasteiger partial charge >= 0.3 is 5.97 Å². The summed E-state index contributed by atoms with van der Waals surface area (Å²) in [7, 11) is 1.33. The smallest absolute Gasteiger partial charge is 0.341 e. The highest BCUT2D eigenvalue weighted by Gasteiger charge is 2.16. The van der Waals surface area contributed by atoms with Gasteiger partial charge in [0.05, 0.1) is 24.7 Å². The third-order valence-electron chi connectivity index (χ3n) is 3.60. The molecule has 1 atom stereocenters. The van der Waals surface area contributed by atoms with E-state index < -0.39 is 5.97 Å². The van der Waals surface area contributed by atoms with Crippen LogP contribution in [-0.4, -0.2) is 24.7 Å². The first-order valence-electron chi connectivity index (χ1n) is 7.71. The molecule has 1 amide bonds. The largest absolute Gasteiger partial charge is 0.465 e. The lowest BCUT2D eigenvalue weighted by atomic mass is 10.1. The fourth-order valence-corrected chi connectivity index (χ4v) is 3.13. The fourth-order valence-electron chi connectivity index (χ4n) is 2.29. The first-order chi connectivity index (χ1) is 11.9. The topological polar surface area (TPSA) is 68.5 Å². The van der Waals surface area contributed by atoms with Gasteiger partial charge in [-0.05, 0) is 37.6 Å². The zero-order chi connectivity index (χ0) is 18.4. The SMILES string of the molecule is COC(=O)c1cc(CSCC(=O)N[C@H](C)c2ccc(Cl)cc2)oc1C. The van der Waals surface area contributed by atoms with Gasteiger partial charge in [0.1, 0.15) is 17.1 Å². The molecule has 134 valence electrons. The summed E-state index contributed by atoms with van der Waals surface area (Å²) in [6, 6.07) is 8.93. The predicted octanol–water partition coefficient (Wildman–Crippen LogP) is 4.14. The zero-order valence-corrected chi connectivity index (χ0v) is 15.9. The van der Waals surface area contributed by atoms with Crippen LogP contribution in [0.3, 0.4) is 0 Å². The van der Waals surface area contributed by atoms with Crippen LogP contribution < -0.4 is 5.32 Å². The van der Waals surface area contributed by atoms with Gasteiger partial charge in [-0.3, -0.25) is 4.79 Å². The summed E-state index contributed by atoms with van der Waals surface area (Å²) >= 11 is 7.28. The van der Waals surface area contributed by atoms with Gasteiger partial charge < -0.3 is 14.5 Å². The van der Waals surface area contributed by atoms with E-state index in [0.717, 1.165) is 5.56 Å². The highest BCUT2D eigenvalue weighted by Crippen LogP contribution is 2.21. The van der Waals surface area contributed by atoms with E-state index in [1.165, 1.54) is 18.9 Å². The molecular formula is C18H20ClNO4S. The highest BCUT2D eigenvalue weighted by atomic mass is 35.5. The molecule has 0 bridgehead atoms. The Morgan fingerprint density at radius 1 is 1.32 bits per heavy atom. The molecule has 0 aliphatic heterocycles. The number of nitrogens with one attached hydrogen (secondary N) is 1. The number of benzene rings is 1. The summed E-state index contributed by atoms with van der Waals surface area (Å²) in [4.78, 5) is 23.6. The van der Waals surface area contributed by atoms with Gasteiger partial charge in [-0.2, -0.15) is 0 Å². The van der Waals surface area contributed by atoms with Crippen LogP contribution in [0.15, 0.2) is 34.7 Å². The van der Waals surface area contributed by atoms with Crippen LogP contribution in [0.25, 0.3) is 0 Å². The monoisotopic (exact) mass is 381 g/mol. The summed E-state index contributed by atoms with van der Waals surface area (Å²) < 4.78 is 10.2. The first-order valence-corrected chi connectivity index (χ1v) is 9.24.